The number of carbonyl (C=O) groups is 1. The van der Waals surface area contributed by atoms with Gasteiger partial charge in [0.25, 0.3) is 5.91 Å². The molecule has 4 aromatic rings. The first-order valence-electron chi connectivity index (χ1n) is 7.75. The van der Waals surface area contributed by atoms with Crippen LogP contribution in [0.1, 0.15) is 16.2 Å². The van der Waals surface area contributed by atoms with E-state index in [0.717, 1.165) is 32.9 Å². The Morgan fingerprint density at radius 2 is 1.81 bits per heavy atom. The number of carbonyl (C=O) groups excluding carboxylic acids is 1. The lowest BCUT2D eigenvalue weighted by atomic mass is 10.0. The standard InChI is InChI=1S/C18H11F3N4OS/c19-18(20,21)15-8-14(12-6-5-10-3-1-2-4-11(10)7-12)25(24-15)17-23-13(9-27-17)16(22)26/h1-9H,(H2,22,26). The van der Waals surface area contributed by atoms with Crippen molar-refractivity contribution in [2.75, 3.05) is 0 Å². The summed E-state index contributed by atoms with van der Waals surface area (Å²) in [5.74, 6) is -0.757. The van der Waals surface area contributed by atoms with Gasteiger partial charge in [0.1, 0.15) is 5.69 Å². The number of alkyl halides is 3. The van der Waals surface area contributed by atoms with Crippen LogP contribution < -0.4 is 5.73 Å². The fourth-order valence-electron chi connectivity index (χ4n) is 2.69. The van der Waals surface area contributed by atoms with Crippen LogP contribution in [0.3, 0.4) is 0 Å². The number of nitrogens with zero attached hydrogens (tertiary/aromatic N) is 3. The highest BCUT2D eigenvalue weighted by Crippen LogP contribution is 2.34. The molecule has 0 aliphatic heterocycles. The molecule has 4 rings (SSSR count). The lowest BCUT2D eigenvalue weighted by Crippen LogP contribution is -2.12. The van der Waals surface area contributed by atoms with Crippen LogP contribution in [0.2, 0.25) is 0 Å². The van der Waals surface area contributed by atoms with Crippen LogP contribution in [0.4, 0.5) is 13.2 Å². The predicted octanol–water partition coefficient (Wildman–Crippen LogP) is 4.27. The van der Waals surface area contributed by atoms with Gasteiger partial charge in [-0.25, -0.2) is 9.67 Å². The average molecular weight is 388 g/mol. The zero-order valence-electron chi connectivity index (χ0n) is 13.6. The minimum atomic E-state index is -4.61. The number of amides is 1. The molecule has 0 saturated carbocycles. The van der Waals surface area contributed by atoms with Crippen molar-refractivity contribution in [2.24, 2.45) is 5.73 Å². The third kappa shape index (κ3) is 3.17. The highest BCUT2D eigenvalue weighted by molar-refractivity contribution is 7.12. The summed E-state index contributed by atoms with van der Waals surface area (Å²) in [5, 5.41) is 7.03. The molecule has 0 unspecified atom stereocenters. The van der Waals surface area contributed by atoms with E-state index in [-0.39, 0.29) is 16.5 Å². The quantitative estimate of drug-likeness (QED) is 0.570. The van der Waals surface area contributed by atoms with Gasteiger partial charge in [0.2, 0.25) is 5.13 Å². The number of primary amides is 1. The Bertz CT molecular complexity index is 1160. The molecule has 0 spiro atoms. The summed E-state index contributed by atoms with van der Waals surface area (Å²) in [7, 11) is 0. The molecule has 0 aliphatic carbocycles. The molecule has 2 aromatic heterocycles. The van der Waals surface area contributed by atoms with Crippen LogP contribution in [0.15, 0.2) is 53.9 Å². The van der Waals surface area contributed by atoms with Crippen molar-refractivity contribution in [3.8, 4) is 16.4 Å². The van der Waals surface area contributed by atoms with Crippen LogP contribution in [0, 0.1) is 0 Å². The van der Waals surface area contributed by atoms with Crippen molar-refractivity contribution >= 4 is 28.0 Å². The number of hydrogen-bond acceptors (Lipinski definition) is 4. The van der Waals surface area contributed by atoms with Gasteiger partial charge < -0.3 is 5.73 Å². The molecule has 2 heterocycles. The predicted molar refractivity (Wildman–Crippen MR) is 95.7 cm³/mol. The second-order valence-corrected chi connectivity index (χ2v) is 6.60. The van der Waals surface area contributed by atoms with Crippen LogP contribution in [-0.2, 0) is 6.18 Å². The number of fused-ring (bicyclic) bond motifs is 1. The lowest BCUT2D eigenvalue weighted by Gasteiger charge is -2.06. The van der Waals surface area contributed by atoms with Crippen LogP contribution in [0.5, 0.6) is 0 Å². The molecule has 0 fully saturated rings. The van der Waals surface area contributed by atoms with E-state index in [1.807, 2.05) is 30.3 Å². The van der Waals surface area contributed by atoms with Crippen molar-refractivity contribution in [3.63, 3.8) is 0 Å². The van der Waals surface area contributed by atoms with Gasteiger partial charge in [-0.3, -0.25) is 4.79 Å². The third-order valence-electron chi connectivity index (χ3n) is 3.97. The van der Waals surface area contributed by atoms with E-state index in [1.165, 1.54) is 5.38 Å². The maximum atomic E-state index is 13.2. The summed E-state index contributed by atoms with van der Waals surface area (Å²) in [4.78, 5) is 15.3. The van der Waals surface area contributed by atoms with Crippen molar-refractivity contribution in [2.45, 2.75) is 6.18 Å². The summed E-state index contributed by atoms with van der Waals surface area (Å²) in [6, 6.07) is 13.8. The Morgan fingerprint density at radius 3 is 2.48 bits per heavy atom. The Hall–Kier alpha value is -3.20. The van der Waals surface area contributed by atoms with Crippen molar-refractivity contribution in [1.82, 2.24) is 14.8 Å². The van der Waals surface area contributed by atoms with E-state index >= 15 is 0 Å². The Labute approximate surface area is 154 Å². The van der Waals surface area contributed by atoms with Gasteiger partial charge in [0.15, 0.2) is 5.69 Å². The molecule has 2 aromatic carbocycles. The van der Waals surface area contributed by atoms with Gasteiger partial charge in [-0.2, -0.15) is 18.3 Å². The topological polar surface area (TPSA) is 73.8 Å². The van der Waals surface area contributed by atoms with Gasteiger partial charge in [0, 0.05) is 10.9 Å². The minimum absolute atomic E-state index is 0.0245. The zero-order valence-corrected chi connectivity index (χ0v) is 14.4. The van der Waals surface area contributed by atoms with E-state index in [9.17, 15) is 18.0 Å². The number of rotatable bonds is 3. The van der Waals surface area contributed by atoms with E-state index in [4.69, 9.17) is 5.73 Å². The van der Waals surface area contributed by atoms with Gasteiger partial charge >= 0.3 is 6.18 Å². The zero-order chi connectivity index (χ0) is 19.2. The summed E-state index contributed by atoms with van der Waals surface area (Å²) in [6.07, 6.45) is -4.61. The van der Waals surface area contributed by atoms with E-state index in [0.29, 0.717) is 5.56 Å². The molecule has 0 radical (unpaired) electrons. The first kappa shape index (κ1) is 17.2. The second kappa shape index (κ2) is 6.20. The van der Waals surface area contributed by atoms with E-state index in [1.54, 1.807) is 12.1 Å². The average Bonchev–Trinajstić information content (AvgIpc) is 3.28. The molecule has 27 heavy (non-hydrogen) atoms. The number of hydrogen-bond donors (Lipinski definition) is 1. The molecule has 0 saturated heterocycles. The van der Waals surface area contributed by atoms with Crippen LogP contribution in [-0.4, -0.2) is 20.7 Å². The van der Waals surface area contributed by atoms with Gasteiger partial charge in [-0.1, -0.05) is 36.4 Å². The molecule has 1 amide bonds. The summed E-state index contributed by atoms with van der Waals surface area (Å²) in [5.41, 5.74) is 4.89. The normalized spacial score (nSPS) is 11.8. The maximum Gasteiger partial charge on any atom is 0.435 e. The minimum Gasteiger partial charge on any atom is -0.364 e. The van der Waals surface area contributed by atoms with Crippen molar-refractivity contribution in [3.05, 3.63) is 65.3 Å². The van der Waals surface area contributed by atoms with Gasteiger partial charge in [0.05, 0.1) is 5.69 Å². The summed E-state index contributed by atoms with van der Waals surface area (Å²) in [6.45, 7) is 0. The van der Waals surface area contributed by atoms with E-state index < -0.39 is 17.8 Å². The number of nitrogens with two attached hydrogens (primary N) is 1. The summed E-state index contributed by atoms with van der Waals surface area (Å²) >= 11 is 0.989. The van der Waals surface area contributed by atoms with Crippen LogP contribution >= 0.6 is 11.3 Å². The second-order valence-electron chi connectivity index (χ2n) is 5.77. The molecule has 0 bridgehead atoms. The molecular formula is C18H11F3N4OS. The molecule has 0 atom stereocenters. The first-order chi connectivity index (χ1) is 12.8. The van der Waals surface area contributed by atoms with Crippen molar-refractivity contribution in [1.29, 1.82) is 0 Å². The molecule has 0 aliphatic rings. The molecule has 136 valence electrons. The number of aromatic nitrogens is 3. The fraction of sp³-hybridized carbons (Fsp3) is 0.0556. The van der Waals surface area contributed by atoms with Crippen LogP contribution in [0.25, 0.3) is 27.2 Å². The molecule has 5 nitrogen and oxygen atoms in total. The number of thiazole rings is 1. The number of benzene rings is 2. The Morgan fingerprint density at radius 1 is 1.07 bits per heavy atom. The summed E-state index contributed by atoms with van der Waals surface area (Å²) < 4.78 is 40.8. The molecule has 2 N–H and O–H groups in total. The first-order valence-corrected chi connectivity index (χ1v) is 8.63. The Balaban J connectivity index is 1.91. The third-order valence-corrected chi connectivity index (χ3v) is 4.79. The van der Waals surface area contributed by atoms with Crippen molar-refractivity contribution < 1.29 is 18.0 Å². The van der Waals surface area contributed by atoms with Gasteiger partial charge in [-0.05, 0) is 22.9 Å². The highest BCUT2D eigenvalue weighted by Gasteiger charge is 2.35. The van der Waals surface area contributed by atoms with E-state index in [2.05, 4.69) is 10.1 Å². The Kier molecular flexibility index (Phi) is 3.96. The molecule has 9 heteroatoms. The fourth-order valence-corrected chi connectivity index (χ4v) is 3.47. The molecular weight excluding hydrogens is 377 g/mol. The highest BCUT2D eigenvalue weighted by atomic mass is 32.1. The maximum absolute atomic E-state index is 13.2. The smallest absolute Gasteiger partial charge is 0.364 e. The largest absolute Gasteiger partial charge is 0.435 e. The van der Waals surface area contributed by atoms with Gasteiger partial charge in [-0.15, -0.1) is 11.3 Å². The monoisotopic (exact) mass is 388 g/mol. The lowest BCUT2D eigenvalue weighted by molar-refractivity contribution is -0.141. The SMILES string of the molecule is NC(=O)c1csc(-n2nc(C(F)(F)F)cc2-c2ccc3ccccc3c2)n1. The number of halogens is 3.